The summed E-state index contributed by atoms with van der Waals surface area (Å²) < 4.78 is 4.73. The van der Waals surface area contributed by atoms with Gasteiger partial charge in [-0.1, -0.05) is 103 Å². The molecule has 174 valence electrons. The fourth-order valence-corrected chi connectivity index (χ4v) is 4.33. The van der Waals surface area contributed by atoms with E-state index in [1.165, 1.54) is 108 Å². The maximum atomic E-state index is 10.7. The number of carbonyl (C=O) groups is 1. The number of aromatic amines is 1. The molecule has 1 aromatic heterocycles. The molecule has 0 saturated heterocycles. The Morgan fingerprint density at radius 3 is 1.81 bits per heavy atom. The lowest BCUT2D eigenvalue weighted by molar-refractivity contribution is 0.144. The molecule has 0 fully saturated rings. The van der Waals surface area contributed by atoms with Crippen LogP contribution in [-0.2, 0) is 6.42 Å². The summed E-state index contributed by atoms with van der Waals surface area (Å²) in [5.41, 5.74) is 2.25. The first kappa shape index (κ1) is 25.3. The predicted octanol–water partition coefficient (Wildman–Crippen LogP) is 9.03. The Labute approximate surface area is 188 Å². The molecule has 1 heterocycles. The summed E-state index contributed by atoms with van der Waals surface area (Å²) in [6.45, 7) is 2.28. The summed E-state index contributed by atoms with van der Waals surface area (Å²) in [6.07, 6.45) is 22.0. The molecule has 0 aliphatic rings. The Kier molecular flexibility index (Phi) is 12.9. The summed E-state index contributed by atoms with van der Waals surface area (Å²) >= 11 is 0. The molecule has 0 aliphatic heterocycles. The molecule has 2 aromatic rings. The Balaban J connectivity index is 1.42. The second-order valence-corrected chi connectivity index (χ2v) is 8.96. The van der Waals surface area contributed by atoms with E-state index in [4.69, 9.17) is 9.84 Å². The average Bonchev–Trinajstić information content (AvgIpc) is 3.15. The lowest BCUT2D eigenvalue weighted by atomic mass is 10.0. The highest BCUT2D eigenvalue weighted by Crippen LogP contribution is 2.23. The van der Waals surface area contributed by atoms with Gasteiger partial charge in [-0.25, -0.2) is 4.79 Å². The molecule has 0 spiro atoms. The topological polar surface area (TPSA) is 62.3 Å². The van der Waals surface area contributed by atoms with Crippen LogP contribution in [0, 0.1) is 0 Å². The molecule has 1 aromatic carbocycles. The van der Waals surface area contributed by atoms with Crippen LogP contribution in [0.2, 0.25) is 0 Å². The Bertz CT molecular complexity index is 737. The van der Waals surface area contributed by atoms with Crippen LogP contribution < -0.4 is 4.74 Å². The van der Waals surface area contributed by atoms with Crippen LogP contribution in [0.5, 0.6) is 5.75 Å². The van der Waals surface area contributed by atoms with Gasteiger partial charge in [0, 0.05) is 16.6 Å². The highest BCUT2D eigenvalue weighted by molar-refractivity contribution is 5.82. The third-order valence-corrected chi connectivity index (χ3v) is 6.15. The summed E-state index contributed by atoms with van der Waals surface area (Å²) in [5, 5.41) is 9.73. The highest BCUT2D eigenvalue weighted by Gasteiger charge is 2.05. The molecule has 0 aliphatic carbocycles. The number of ether oxygens (including phenoxy) is 1. The second kappa shape index (κ2) is 15.8. The molecule has 0 unspecified atom stereocenters. The molecule has 0 saturated carbocycles. The van der Waals surface area contributed by atoms with Crippen molar-refractivity contribution in [3.63, 3.8) is 0 Å². The molecule has 0 amide bonds. The van der Waals surface area contributed by atoms with Crippen molar-refractivity contribution < 1.29 is 14.6 Å². The normalized spacial score (nSPS) is 11.3. The molecule has 4 nitrogen and oxygen atoms in total. The van der Waals surface area contributed by atoms with Crippen molar-refractivity contribution in [3.8, 4) is 5.75 Å². The van der Waals surface area contributed by atoms with E-state index in [-0.39, 0.29) is 0 Å². The van der Waals surface area contributed by atoms with Crippen molar-refractivity contribution in [1.82, 2.24) is 4.98 Å². The standard InChI is InChI=1S/C27H43NO3/c1-2-3-4-5-6-7-8-9-10-11-12-13-14-15-16-17-18-24-21-23-22-25(31-27(29)30)19-20-26(23)28-24/h19-22,28H,2-18H2,1H3,(H,29,30). The smallest absolute Gasteiger partial charge is 0.449 e. The van der Waals surface area contributed by atoms with Gasteiger partial charge in [0.05, 0.1) is 0 Å². The first-order valence-corrected chi connectivity index (χ1v) is 12.7. The number of nitrogens with one attached hydrogen (secondary N) is 1. The molecule has 2 N–H and O–H groups in total. The van der Waals surface area contributed by atoms with Gasteiger partial charge < -0.3 is 14.8 Å². The molecular weight excluding hydrogens is 386 g/mol. The van der Waals surface area contributed by atoms with E-state index < -0.39 is 6.16 Å². The van der Waals surface area contributed by atoms with Gasteiger partial charge in [0.2, 0.25) is 0 Å². The van der Waals surface area contributed by atoms with E-state index in [0.717, 1.165) is 17.3 Å². The van der Waals surface area contributed by atoms with Crippen LogP contribution >= 0.6 is 0 Å². The average molecular weight is 430 g/mol. The number of unbranched alkanes of at least 4 members (excludes halogenated alkanes) is 15. The maximum Gasteiger partial charge on any atom is 0.511 e. The van der Waals surface area contributed by atoms with Crippen LogP contribution in [0.1, 0.15) is 115 Å². The second-order valence-electron chi connectivity index (χ2n) is 8.96. The van der Waals surface area contributed by atoms with Crippen molar-refractivity contribution >= 4 is 17.1 Å². The molecule has 0 radical (unpaired) electrons. The molecule has 0 atom stereocenters. The molecule has 0 bridgehead atoms. The van der Waals surface area contributed by atoms with Crippen LogP contribution in [0.4, 0.5) is 4.79 Å². The minimum atomic E-state index is -1.27. The lowest BCUT2D eigenvalue weighted by Gasteiger charge is -2.03. The fourth-order valence-electron chi connectivity index (χ4n) is 4.33. The number of hydrogen-bond donors (Lipinski definition) is 2. The number of aryl methyl sites for hydroxylation is 1. The summed E-state index contributed by atoms with van der Waals surface area (Å²) in [5.74, 6) is 0.368. The number of benzene rings is 1. The number of H-pyrrole nitrogens is 1. The van der Waals surface area contributed by atoms with Gasteiger partial charge in [-0.05, 0) is 37.1 Å². The predicted molar refractivity (Wildman–Crippen MR) is 130 cm³/mol. The third-order valence-electron chi connectivity index (χ3n) is 6.15. The Morgan fingerprint density at radius 2 is 1.29 bits per heavy atom. The lowest BCUT2D eigenvalue weighted by Crippen LogP contribution is -2.02. The fraction of sp³-hybridized carbons (Fsp3) is 0.667. The maximum absolute atomic E-state index is 10.7. The Hall–Kier alpha value is -1.97. The zero-order valence-corrected chi connectivity index (χ0v) is 19.6. The van der Waals surface area contributed by atoms with Crippen LogP contribution in [0.25, 0.3) is 10.9 Å². The molecule has 2 rings (SSSR count). The minimum Gasteiger partial charge on any atom is -0.449 e. The van der Waals surface area contributed by atoms with Crippen LogP contribution in [-0.4, -0.2) is 16.2 Å². The van der Waals surface area contributed by atoms with E-state index >= 15 is 0 Å². The highest BCUT2D eigenvalue weighted by atomic mass is 16.7. The number of hydrogen-bond acceptors (Lipinski definition) is 2. The molecule has 31 heavy (non-hydrogen) atoms. The number of carboxylic acid groups (broad SMARTS) is 1. The van der Waals surface area contributed by atoms with Gasteiger partial charge in [0.1, 0.15) is 5.75 Å². The SMILES string of the molecule is CCCCCCCCCCCCCCCCCCc1cc2cc(OC(=O)O)ccc2[nH]1. The van der Waals surface area contributed by atoms with E-state index in [9.17, 15) is 4.79 Å². The largest absolute Gasteiger partial charge is 0.511 e. The zero-order chi connectivity index (χ0) is 22.2. The van der Waals surface area contributed by atoms with Gasteiger partial charge in [-0.15, -0.1) is 0 Å². The Morgan fingerprint density at radius 1 is 0.774 bits per heavy atom. The quantitative estimate of drug-likeness (QED) is 0.141. The number of rotatable bonds is 18. The third kappa shape index (κ3) is 11.3. The molecular formula is C27H43NO3. The van der Waals surface area contributed by atoms with E-state index in [1.807, 2.05) is 6.07 Å². The van der Waals surface area contributed by atoms with Crippen molar-refractivity contribution in [2.24, 2.45) is 0 Å². The van der Waals surface area contributed by atoms with Crippen molar-refractivity contribution in [2.75, 3.05) is 0 Å². The summed E-state index contributed by atoms with van der Waals surface area (Å²) in [7, 11) is 0. The van der Waals surface area contributed by atoms with Crippen LogP contribution in [0.15, 0.2) is 24.3 Å². The number of fused-ring (bicyclic) bond motifs is 1. The van der Waals surface area contributed by atoms with E-state index in [0.29, 0.717) is 5.75 Å². The van der Waals surface area contributed by atoms with Gasteiger partial charge in [0.25, 0.3) is 0 Å². The van der Waals surface area contributed by atoms with Gasteiger partial charge in [0.15, 0.2) is 0 Å². The summed E-state index contributed by atoms with van der Waals surface area (Å²) in [4.78, 5) is 14.1. The van der Waals surface area contributed by atoms with Crippen molar-refractivity contribution in [2.45, 2.75) is 116 Å². The van der Waals surface area contributed by atoms with Gasteiger partial charge in [-0.3, -0.25) is 0 Å². The van der Waals surface area contributed by atoms with Crippen molar-refractivity contribution in [1.29, 1.82) is 0 Å². The minimum absolute atomic E-state index is 0.368. The van der Waals surface area contributed by atoms with Gasteiger partial charge >= 0.3 is 6.16 Å². The first-order chi connectivity index (χ1) is 15.2. The molecule has 4 heteroatoms. The van der Waals surface area contributed by atoms with Crippen LogP contribution in [0.3, 0.4) is 0 Å². The monoisotopic (exact) mass is 429 g/mol. The van der Waals surface area contributed by atoms with E-state index in [1.54, 1.807) is 12.1 Å². The first-order valence-electron chi connectivity index (χ1n) is 12.7. The van der Waals surface area contributed by atoms with Crippen molar-refractivity contribution in [3.05, 3.63) is 30.0 Å². The van der Waals surface area contributed by atoms with Gasteiger partial charge in [-0.2, -0.15) is 0 Å². The zero-order valence-electron chi connectivity index (χ0n) is 19.6. The summed E-state index contributed by atoms with van der Waals surface area (Å²) in [6, 6.07) is 7.45. The number of aromatic nitrogens is 1. The van der Waals surface area contributed by atoms with E-state index in [2.05, 4.69) is 18.0 Å².